The first-order valence-corrected chi connectivity index (χ1v) is 7.45. The van der Waals surface area contributed by atoms with Crippen molar-refractivity contribution >= 4 is 23.6 Å². The van der Waals surface area contributed by atoms with E-state index >= 15 is 0 Å². The molecule has 0 radical (unpaired) electrons. The Kier molecular flexibility index (Phi) is 5.77. The Labute approximate surface area is 139 Å². The Hall–Kier alpha value is -2.33. The van der Waals surface area contributed by atoms with E-state index in [0.717, 1.165) is 5.56 Å². The Morgan fingerprint density at radius 1 is 1.30 bits per heavy atom. The summed E-state index contributed by atoms with van der Waals surface area (Å²) in [4.78, 5) is 11.9. The van der Waals surface area contributed by atoms with Crippen molar-refractivity contribution in [2.75, 3.05) is 7.11 Å². The number of halogens is 2. The van der Waals surface area contributed by atoms with Crippen LogP contribution in [0.25, 0.3) is 6.08 Å². The van der Waals surface area contributed by atoms with Crippen molar-refractivity contribution < 1.29 is 13.9 Å². The van der Waals surface area contributed by atoms with Crippen LogP contribution in [0.1, 0.15) is 24.1 Å². The summed E-state index contributed by atoms with van der Waals surface area (Å²) in [6, 6.07) is 11.6. The number of ether oxygens (including phenoxy) is 1. The molecule has 1 atom stereocenters. The first kappa shape index (κ1) is 17.0. The van der Waals surface area contributed by atoms with E-state index < -0.39 is 5.82 Å². The maximum atomic E-state index is 13.6. The Balaban J connectivity index is 2.00. The number of nitrogens with one attached hydrogen (secondary N) is 1. The average molecular weight is 334 g/mol. The highest BCUT2D eigenvalue weighted by Gasteiger charge is 2.08. The molecule has 0 unspecified atom stereocenters. The van der Waals surface area contributed by atoms with E-state index in [9.17, 15) is 9.18 Å². The van der Waals surface area contributed by atoms with Gasteiger partial charge in [-0.3, -0.25) is 4.79 Å². The molecule has 5 heteroatoms. The second kappa shape index (κ2) is 7.79. The van der Waals surface area contributed by atoms with Gasteiger partial charge in [-0.2, -0.15) is 0 Å². The standard InChI is InChI=1S/C18H17ClFNO2/c1-12(14-4-3-5-15(19)11-14)21-18(22)9-7-13-6-8-17(23-2)16(20)10-13/h3-12H,1-2H3,(H,21,22)/b9-7+/t12-/m0/s1. The molecule has 0 aromatic heterocycles. The molecule has 0 aliphatic rings. The zero-order valence-electron chi connectivity index (χ0n) is 12.8. The van der Waals surface area contributed by atoms with Crippen molar-refractivity contribution in [1.82, 2.24) is 5.32 Å². The van der Waals surface area contributed by atoms with Gasteiger partial charge >= 0.3 is 0 Å². The van der Waals surface area contributed by atoms with Gasteiger partial charge in [0.1, 0.15) is 0 Å². The number of hydrogen-bond acceptors (Lipinski definition) is 2. The zero-order chi connectivity index (χ0) is 16.8. The predicted molar refractivity (Wildman–Crippen MR) is 90.0 cm³/mol. The third kappa shape index (κ3) is 4.83. The molecule has 3 nitrogen and oxygen atoms in total. The highest BCUT2D eigenvalue weighted by molar-refractivity contribution is 6.30. The summed E-state index contributed by atoms with van der Waals surface area (Å²) in [6.45, 7) is 1.87. The van der Waals surface area contributed by atoms with Crippen molar-refractivity contribution in [3.05, 3.63) is 70.5 Å². The first-order chi connectivity index (χ1) is 11.0. The maximum absolute atomic E-state index is 13.6. The lowest BCUT2D eigenvalue weighted by atomic mass is 10.1. The van der Waals surface area contributed by atoms with Crippen molar-refractivity contribution in [1.29, 1.82) is 0 Å². The van der Waals surface area contributed by atoms with Crippen LogP contribution in [0.15, 0.2) is 48.5 Å². The molecule has 0 saturated heterocycles. The summed E-state index contributed by atoms with van der Waals surface area (Å²) >= 11 is 5.93. The Bertz CT molecular complexity index is 731. The second-order valence-electron chi connectivity index (χ2n) is 5.01. The van der Waals surface area contributed by atoms with Gasteiger partial charge < -0.3 is 10.1 Å². The van der Waals surface area contributed by atoms with Crippen LogP contribution in [-0.2, 0) is 4.79 Å². The molecule has 0 aliphatic carbocycles. The summed E-state index contributed by atoms with van der Waals surface area (Å²) in [5, 5.41) is 3.45. The van der Waals surface area contributed by atoms with Gasteiger partial charge in [0.2, 0.25) is 5.91 Å². The summed E-state index contributed by atoms with van der Waals surface area (Å²) in [5.41, 5.74) is 1.49. The number of hydrogen-bond donors (Lipinski definition) is 1. The van der Waals surface area contributed by atoms with Gasteiger partial charge in [0, 0.05) is 11.1 Å². The predicted octanol–water partition coefficient (Wildman–Crippen LogP) is 4.38. The van der Waals surface area contributed by atoms with E-state index in [-0.39, 0.29) is 17.7 Å². The average Bonchev–Trinajstić information content (AvgIpc) is 2.53. The lowest BCUT2D eigenvalue weighted by molar-refractivity contribution is -0.117. The molecule has 0 heterocycles. The highest BCUT2D eigenvalue weighted by Crippen LogP contribution is 2.19. The molecule has 0 fully saturated rings. The van der Waals surface area contributed by atoms with Crippen molar-refractivity contribution in [3.63, 3.8) is 0 Å². The molecule has 2 aromatic carbocycles. The topological polar surface area (TPSA) is 38.3 Å². The Morgan fingerprint density at radius 3 is 2.74 bits per heavy atom. The van der Waals surface area contributed by atoms with Gasteiger partial charge in [-0.05, 0) is 48.4 Å². The third-order valence-electron chi connectivity index (χ3n) is 3.31. The molecule has 23 heavy (non-hydrogen) atoms. The smallest absolute Gasteiger partial charge is 0.244 e. The van der Waals surface area contributed by atoms with Gasteiger partial charge in [0.15, 0.2) is 11.6 Å². The highest BCUT2D eigenvalue weighted by atomic mass is 35.5. The minimum absolute atomic E-state index is 0.168. The van der Waals surface area contributed by atoms with E-state index in [2.05, 4.69) is 5.32 Å². The minimum atomic E-state index is -0.470. The fourth-order valence-electron chi connectivity index (χ4n) is 2.08. The molecule has 0 saturated carbocycles. The second-order valence-corrected chi connectivity index (χ2v) is 5.45. The molecule has 0 spiro atoms. The summed E-state index contributed by atoms with van der Waals surface area (Å²) in [7, 11) is 1.40. The van der Waals surface area contributed by atoms with Crippen LogP contribution in [0.4, 0.5) is 4.39 Å². The number of rotatable bonds is 5. The molecule has 2 aromatic rings. The number of carbonyl (C=O) groups excluding carboxylic acids is 1. The lowest BCUT2D eigenvalue weighted by Gasteiger charge is -2.13. The largest absolute Gasteiger partial charge is 0.494 e. The summed E-state index contributed by atoms with van der Waals surface area (Å²) < 4.78 is 18.4. The van der Waals surface area contributed by atoms with Gasteiger partial charge in [-0.1, -0.05) is 29.8 Å². The molecule has 120 valence electrons. The van der Waals surface area contributed by atoms with Crippen LogP contribution in [0.2, 0.25) is 5.02 Å². The lowest BCUT2D eigenvalue weighted by Crippen LogP contribution is -2.24. The van der Waals surface area contributed by atoms with Crippen molar-refractivity contribution in [2.45, 2.75) is 13.0 Å². The molecule has 0 bridgehead atoms. The van der Waals surface area contributed by atoms with Crippen LogP contribution in [-0.4, -0.2) is 13.0 Å². The molecule has 0 aliphatic heterocycles. The molecule has 1 N–H and O–H groups in total. The molecule has 2 rings (SSSR count). The Morgan fingerprint density at radius 2 is 2.09 bits per heavy atom. The third-order valence-corrected chi connectivity index (χ3v) is 3.55. The zero-order valence-corrected chi connectivity index (χ0v) is 13.6. The maximum Gasteiger partial charge on any atom is 0.244 e. The minimum Gasteiger partial charge on any atom is -0.494 e. The van der Waals surface area contributed by atoms with Gasteiger partial charge in [0.25, 0.3) is 0 Å². The van der Waals surface area contributed by atoms with E-state index in [1.54, 1.807) is 24.3 Å². The fraction of sp³-hybridized carbons (Fsp3) is 0.167. The normalized spacial score (nSPS) is 12.2. The summed E-state index contributed by atoms with van der Waals surface area (Å²) in [5.74, 6) is -0.572. The van der Waals surface area contributed by atoms with E-state index in [4.69, 9.17) is 16.3 Å². The first-order valence-electron chi connectivity index (χ1n) is 7.07. The van der Waals surface area contributed by atoms with Gasteiger partial charge in [-0.25, -0.2) is 4.39 Å². The fourth-order valence-corrected chi connectivity index (χ4v) is 2.28. The molecule has 1 amide bonds. The van der Waals surface area contributed by atoms with Crippen LogP contribution in [0.3, 0.4) is 0 Å². The van der Waals surface area contributed by atoms with E-state index in [0.29, 0.717) is 10.6 Å². The quantitative estimate of drug-likeness (QED) is 0.825. The monoisotopic (exact) mass is 333 g/mol. The number of benzene rings is 2. The number of amides is 1. The molecular formula is C18H17ClFNO2. The van der Waals surface area contributed by atoms with Crippen LogP contribution >= 0.6 is 11.6 Å². The van der Waals surface area contributed by atoms with Crippen molar-refractivity contribution in [2.24, 2.45) is 0 Å². The number of carbonyl (C=O) groups is 1. The van der Waals surface area contributed by atoms with Gasteiger partial charge in [-0.15, -0.1) is 0 Å². The summed E-state index contributed by atoms with van der Waals surface area (Å²) in [6.07, 6.45) is 2.91. The van der Waals surface area contributed by atoms with Crippen molar-refractivity contribution in [3.8, 4) is 5.75 Å². The SMILES string of the molecule is COc1ccc(/C=C/C(=O)N[C@@H](C)c2cccc(Cl)c2)cc1F. The van der Waals surface area contributed by atoms with Crippen LogP contribution in [0, 0.1) is 5.82 Å². The van der Waals surface area contributed by atoms with Gasteiger partial charge in [0.05, 0.1) is 13.2 Å². The number of methoxy groups -OCH3 is 1. The van der Waals surface area contributed by atoms with Crippen LogP contribution < -0.4 is 10.1 Å². The molecular weight excluding hydrogens is 317 g/mol. The van der Waals surface area contributed by atoms with Crippen LogP contribution in [0.5, 0.6) is 5.75 Å². The van der Waals surface area contributed by atoms with E-state index in [1.165, 1.54) is 25.3 Å². The van der Waals surface area contributed by atoms with E-state index in [1.807, 2.05) is 19.1 Å².